The molecule has 1 aliphatic rings. The Hall–Kier alpha value is -1.81. The number of rotatable bonds is 2. The normalized spacial score (nSPS) is 19.5. The van der Waals surface area contributed by atoms with Gasteiger partial charge in [0.1, 0.15) is 0 Å². The number of pyridine rings is 1. The zero-order valence-corrected chi connectivity index (χ0v) is 12.1. The molecule has 4 heteroatoms. The average molecular weight is 271 g/mol. The SMILES string of the molecule is CCC1CN(c2cc(C)nc3ccc(N)cc23)CCO1. The summed E-state index contributed by atoms with van der Waals surface area (Å²) >= 11 is 0. The van der Waals surface area contributed by atoms with Crippen LogP contribution in [0, 0.1) is 6.92 Å². The Balaban J connectivity index is 2.07. The van der Waals surface area contributed by atoms with Gasteiger partial charge in [0.2, 0.25) is 0 Å². The van der Waals surface area contributed by atoms with Crippen molar-refractivity contribution in [3.05, 3.63) is 30.0 Å². The molecule has 1 atom stereocenters. The minimum atomic E-state index is 0.313. The zero-order chi connectivity index (χ0) is 14.1. The third kappa shape index (κ3) is 2.43. The van der Waals surface area contributed by atoms with E-state index < -0.39 is 0 Å². The average Bonchev–Trinajstić information content (AvgIpc) is 2.47. The summed E-state index contributed by atoms with van der Waals surface area (Å²) < 4.78 is 5.76. The molecule has 0 radical (unpaired) electrons. The maximum atomic E-state index is 5.94. The van der Waals surface area contributed by atoms with Gasteiger partial charge < -0.3 is 15.4 Å². The van der Waals surface area contributed by atoms with Crippen LogP contribution in [0.15, 0.2) is 24.3 Å². The largest absolute Gasteiger partial charge is 0.399 e. The maximum Gasteiger partial charge on any atom is 0.0748 e. The molecule has 20 heavy (non-hydrogen) atoms. The van der Waals surface area contributed by atoms with Gasteiger partial charge >= 0.3 is 0 Å². The number of aryl methyl sites for hydroxylation is 1. The third-order valence-corrected chi connectivity index (χ3v) is 3.87. The van der Waals surface area contributed by atoms with Crippen LogP contribution in [0.5, 0.6) is 0 Å². The molecular weight excluding hydrogens is 250 g/mol. The third-order valence-electron chi connectivity index (χ3n) is 3.87. The lowest BCUT2D eigenvalue weighted by atomic mass is 10.1. The van der Waals surface area contributed by atoms with Gasteiger partial charge in [-0.25, -0.2) is 0 Å². The summed E-state index contributed by atoms with van der Waals surface area (Å²) in [5, 5.41) is 1.13. The first-order chi connectivity index (χ1) is 9.67. The van der Waals surface area contributed by atoms with Crippen molar-refractivity contribution in [2.24, 2.45) is 0 Å². The number of nitrogens with two attached hydrogens (primary N) is 1. The highest BCUT2D eigenvalue weighted by atomic mass is 16.5. The fraction of sp³-hybridized carbons (Fsp3) is 0.438. The first-order valence-corrected chi connectivity index (χ1v) is 7.21. The summed E-state index contributed by atoms with van der Waals surface area (Å²) in [7, 11) is 0. The van der Waals surface area contributed by atoms with E-state index in [9.17, 15) is 0 Å². The van der Waals surface area contributed by atoms with Gasteiger partial charge in [0.05, 0.1) is 18.2 Å². The molecule has 2 N–H and O–H groups in total. The Morgan fingerprint density at radius 2 is 2.25 bits per heavy atom. The van der Waals surface area contributed by atoms with E-state index in [4.69, 9.17) is 10.5 Å². The molecule has 2 heterocycles. The summed E-state index contributed by atoms with van der Waals surface area (Å²) in [5.41, 5.74) is 10.00. The summed E-state index contributed by atoms with van der Waals surface area (Å²) in [4.78, 5) is 6.99. The number of nitrogen functional groups attached to an aromatic ring is 1. The highest BCUT2D eigenvalue weighted by molar-refractivity contribution is 5.94. The number of benzene rings is 1. The van der Waals surface area contributed by atoms with Gasteiger partial charge in [0, 0.05) is 35.5 Å². The molecule has 0 amide bonds. The van der Waals surface area contributed by atoms with E-state index in [1.807, 2.05) is 25.1 Å². The van der Waals surface area contributed by atoms with Crippen molar-refractivity contribution in [3.63, 3.8) is 0 Å². The quantitative estimate of drug-likeness (QED) is 0.853. The molecule has 3 rings (SSSR count). The van der Waals surface area contributed by atoms with Gasteiger partial charge in [-0.15, -0.1) is 0 Å². The lowest BCUT2D eigenvalue weighted by Crippen LogP contribution is -2.42. The summed E-state index contributed by atoms with van der Waals surface area (Å²) in [5.74, 6) is 0. The molecule has 0 bridgehead atoms. The zero-order valence-electron chi connectivity index (χ0n) is 12.1. The monoisotopic (exact) mass is 271 g/mol. The van der Waals surface area contributed by atoms with Crippen molar-refractivity contribution >= 4 is 22.3 Å². The lowest BCUT2D eigenvalue weighted by Gasteiger charge is -2.35. The Labute approximate surface area is 119 Å². The number of fused-ring (bicyclic) bond motifs is 1. The lowest BCUT2D eigenvalue weighted by molar-refractivity contribution is 0.0385. The van der Waals surface area contributed by atoms with E-state index >= 15 is 0 Å². The molecule has 1 saturated heterocycles. The van der Waals surface area contributed by atoms with E-state index in [1.165, 1.54) is 5.69 Å². The van der Waals surface area contributed by atoms with Crippen LogP contribution in [-0.4, -0.2) is 30.8 Å². The second kappa shape index (κ2) is 5.29. The molecule has 1 aliphatic heterocycles. The Kier molecular flexibility index (Phi) is 3.49. The van der Waals surface area contributed by atoms with Crippen LogP contribution < -0.4 is 10.6 Å². The maximum absolute atomic E-state index is 5.94. The van der Waals surface area contributed by atoms with Crippen molar-refractivity contribution < 1.29 is 4.74 Å². The van der Waals surface area contributed by atoms with Crippen LogP contribution in [-0.2, 0) is 4.74 Å². The topological polar surface area (TPSA) is 51.4 Å². The number of hydrogen-bond acceptors (Lipinski definition) is 4. The van der Waals surface area contributed by atoms with Crippen LogP contribution in [0.3, 0.4) is 0 Å². The second-order valence-corrected chi connectivity index (χ2v) is 5.41. The number of aromatic nitrogens is 1. The van der Waals surface area contributed by atoms with Crippen molar-refractivity contribution in [2.75, 3.05) is 30.3 Å². The standard InChI is InChI=1S/C16H21N3O/c1-3-13-10-19(6-7-20-13)16-8-11(2)18-15-5-4-12(17)9-14(15)16/h4-5,8-9,13H,3,6-7,10,17H2,1-2H3. The summed E-state index contributed by atoms with van der Waals surface area (Å²) in [6.07, 6.45) is 1.36. The minimum absolute atomic E-state index is 0.313. The van der Waals surface area contributed by atoms with E-state index in [2.05, 4.69) is 22.9 Å². The number of hydrogen-bond donors (Lipinski definition) is 1. The van der Waals surface area contributed by atoms with Crippen LogP contribution in [0.4, 0.5) is 11.4 Å². The van der Waals surface area contributed by atoms with Gasteiger partial charge in [-0.3, -0.25) is 4.98 Å². The molecule has 1 unspecified atom stereocenters. The van der Waals surface area contributed by atoms with Gasteiger partial charge in [0.15, 0.2) is 0 Å². The molecule has 106 valence electrons. The second-order valence-electron chi connectivity index (χ2n) is 5.41. The van der Waals surface area contributed by atoms with E-state index in [0.717, 1.165) is 48.4 Å². The van der Waals surface area contributed by atoms with Crippen LogP contribution >= 0.6 is 0 Å². The molecule has 4 nitrogen and oxygen atoms in total. The van der Waals surface area contributed by atoms with E-state index in [-0.39, 0.29) is 0 Å². The smallest absolute Gasteiger partial charge is 0.0748 e. The van der Waals surface area contributed by atoms with E-state index in [1.54, 1.807) is 0 Å². The van der Waals surface area contributed by atoms with Crippen LogP contribution in [0.25, 0.3) is 10.9 Å². The highest BCUT2D eigenvalue weighted by Gasteiger charge is 2.21. The molecule has 1 aromatic carbocycles. The molecule has 2 aromatic rings. The number of morpholine rings is 1. The van der Waals surface area contributed by atoms with Gasteiger partial charge in [-0.2, -0.15) is 0 Å². The Morgan fingerprint density at radius 1 is 1.40 bits per heavy atom. The van der Waals surface area contributed by atoms with Crippen molar-refractivity contribution in [3.8, 4) is 0 Å². The predicted octanol–water partition coefficient (Wildman–Crippen LogP) is 2.74. The predicted molar refractivity (Wildman–Crippen MR) is 83.1 cm³/mol. The van der Waals surface area contributed by atoms with Crippen molar-refractivity contribution in [1.29, 1.82) is 0 Å². The van der Waals surface area contributed by atoms with Gasteiger partial charge in [-0.05, 0) is 37.6 Å². The summed E-state index contributed by atoms with van der Waals surface area (Å²) in [6.45, 7) is 6.84. The van der Waals surface area contributed by atoms with Crippen LogP contribution in [0.1, 0.15) is 19.0 Å². The first-order valence-electron chi connectivity index (χ1n) is 7.21. The molecule has 0 saturated carbocycles. The molecule has 1 aromatic heterocycles. The minimum Gasteiger partial charge on any atom is -0.399 e. The molecular formula is C16H21N3O. The Morgan fingerprint density at radius 3 is 3.05 bits per heavy atom. The van der Waals surface area contributed by atoms with Crippen molar-refractivity contribution in [2.45, 2.75) is 26.4 Å². The fourth-order valence-electron chi connectivity index (χ4n) is 2.80. The van der Waals surface area contributed by atoms with Crippen molar-refractivity contribution in [1.82, 2.24) is 4.98 Å². The molecule has 0 aliphatic carbocycles. The fourth-order valence-corrected chi connectivity index (χ4v) is 2.80. The van der Waals surface area contributed by atoms with Gasteiger partial charge in [-0.1, -0.05) is 6.92 Å². The molecule has 0 spiro atoms. The molecule has 1 fully saturated rings. The number of ether oxygens (including phenoxy) is 1. The van der Waals surface area contributed by atoms with Crippen LogP contribution in [0.2, 0.25) is 0 Å². The van der Waals surface area contributed by atoms with E-state index in [0.29, 0.717) is 6.10 Å². The Bertz CT molecular complexity index is 626. The number of nitrogens with zero attached hydrogens (tertiary/aromatic N) is 2. The summed E-state index contributed by atoms with van der Waals surface area (Å²) in [6, 6.07) is 8.08. The van der Waals surface area contributed by atoms with Gasteiger partial charge in [0.25, 0.3) is 0 Å². The highest BCUT2D eigenvalue weighted by Crippen LogP contribution is 2.30. The first kappa shape index (κ1) is 13.2. The number of anilines is 2.